The van der Waals surface area contributed by atoms with Crippen LogP contribution in [0.5, 0.6) is 0 Å². The second kappa shape index (κ2) is 7.25. The highest BCUT2D eigenvalue weighted by molar-refractivity contribution is 9.10. The first-order valence-corrected chi connectivity index (χ1v) is 9.99. The van der Waals surface area contributed by atoms with Crippen molar-refractivity contribution in [3.05, 3.63) is 16.9 Å². The van der Waals surface area contributed by atoms with E-state index in [1.165, 1.54) is 0 Å². The summed E-state index contributed by atoms with van der Waals surface area (Å²) in [6.07, 6.45) is 5.50. The lowest BCUT2D eigenvalue weighted by molar-refractivity contribution is -0.128. The van der Waals surface area contributed by atoms with E-state index in [1.807, 2.05) is 0 Å². The monoisotopic (exact) mass is 451 g/mol. The zero-order valence-electron chi connectivity index (χ0n) is 15.4. The molecule has 28 heavy (non-hydrogen) atoms. The summed E-state index contributed by atoms with van der Waals surface area (Å²) >= 11 is 3.58. The van der Waals surface area contributed by atoms with Crippen molar-refractivity contribution in [1.29, 1.82) is 0 Å². The minimum Gasteiger partial charge on any atom is -0.465 e. The summed E-state index contributed by atoms with van der Waals surface area (Å²) in [5.41, 5.74) is 1.45. The van der Waals surface area contributed by atoms with E-state index in [2.05, 4.69) is 41.4 Å². The Balaban J connectivity index is 1.68. The van der Waals surface area contributed by atoms with Gasteiger partial charge in [0, 0.05) is 38.6 Å². The summed E-state index contributed by atoms with van der Waals surface area (Å²) in [6, 6.07) is -0.151. The molecular weight excluding hydrogens is 430 g/mol. The zero-order chi connectivity index (χ0) is 19.9. The van der Waals surface area contributed by atoms with Crippen LogP contribution in [-0.2, 0) is 9.53 Å². The SMILES string of the molecule is COC1(C(=O)Nc2c[nH]c3ncc(Br)c(N4CCCC(NC(=O)O)C4)c23)CC1. The quantitative estimate of drug-likeness (QED) is 0.554. The third-order valence-electron chi connectivity index (χ3n) is 5.45. The van der Waals surface area contributed by atoms with Crippen LogP contribution in [0.25, 0.3) is 11.0 Å². The number of carbonyl (C=O) groups excluding carboxylic acids is 1. The number of ether oxygens (including phenoxy) is 1. The highest BCUT2D eigenvalue weighted by atomic mass is 79.9. The molecule has 9 nitrogen and oxygen atoms in total. The number of pyridine rings is 1. The summed E-state index contributed by atoms with van der Waals surface area (Å²) in [6.45, 7) is 1.33. The highest BCUT2D eigenvalue weighted by Gasteiger charge is 2.50. The molecular formula is C18H22BrN5O4. The molecule has 0 bridgehead atoms. The number of nitrogens with zero attached hydrogens (tertiary/aromatic N) is 2. The molecule has 1 saturated heterocycles. The van der Waals surface area contributed by atoms with E-state index in [1.54, 1.807) is 19.5 Å². The van der Waals surface area contributed by atoms with E-state index in [0.29, 0.717) is 30.7 Å². The summed E-state index contributed by atoms with van der Waals surface area (Å²) in [7, 11) is 1.55. The van der Waals surface area contributed by atoms with Crippen LogP contribution in [0.3, 0.4) is 0 Å². The first kappa shape index (κ1) is 19.0. The van der Waals surface area contributed by atoms with E-state index in [9.17, 15) is 9.59 Å². The van der Waals surface area contributed by atoms with Gasteiger partial charge in [-0.15, -0.1) is 0 Å². The number of carboxylic acid groups (broad SMARTS) is 1. The van der Waals surface area contributed by atoms with Crippen molar-refractivity contribution < 1.29 is 19.4 Å². The third-order valence-corrected chi connectivity index (χ3v) is 6.03. The number of hydrogen-bond acceptors (Lipinski definition) is 5. The van der Waals surface area contributed by atoms with Gasteiger partial charge in [-0.1, -0.05) is 0 Å². The first-order chi connectivity index (χ1) is 13.4. The van der Waals surface area contributed by atoms with Gasteiger partial charge in [-0.05, 0) is 41.6 Å². The Morgan fingerprint density at radius 2 is 2.25 bits per heavy atom. The number of nitrogens with one attached hydrogen (secondary N) is 3. The molecule has 0 aromatic carbocycles. The Bertz CT molecular complexity index is 926. The molecule has 0 radical (unpaired) electrons. The van der Waals surface area contributed by atoms with Crippen LogP contribution in [0, 0.1) is 0 Å². The first-order valence-electron chi connectivity index (χ1n) is 9.20. The van der Waals surface area contributed by atoms with E-state index in [-0.39, 0.29) is 11.9 Å². The fourth-order valence-corrected chi connectivity index (χ4v) is 4.36. The third kappa shape index (κ3) is 3.42. The number of amides is 2. The molecule has 4 N–H and O–H groups in total. The minimum atomic E-state index is -1.02. The van der Waals surface area contributed by atoms with E-state index in [4.69, 9.17) is 9.84 Å². The molecule has 1 atom stereocenters. The Morgan fingerprint density at radius 1 is 1.46 bits per heavy atom. The summed E-state index contributed by atoms with van der Waals surface area (Å²) in [4.78, 5) is 33.3. The van der Waals surface area contributed by atoms with Gasteiger partial charge in [-0.2, -0.15) is 0 Å². The van der Waals surface area contributed by atoms with Gasteiger partial charge in [0.25, 0.3) is 5.91 Å². The molecule has 10 heteroatoms. The largest absolute Gasteiger partial charge is 0.465 e. The Labute approximate surface area is 170 Å². The van der Waals surface area contributed by atoms with Crippen LogP contribution in [0.1, 0.15) is 25.7 Å². The lowest BCUT2D eigenvalue weighted by atomic mass is 10.0. The van der Waals surface area contributed by atoms with Crippen molar-refractivity contribution in [2.75, 3.05) is 30.4 Å². The number of H-pyrrole nitrogens is 1. The van der Waals surface area contributed by atoms with Crippen LogP contribution >= 0.6 is 15.9 Å². The number of anilines is 2. The predicted octanol–water partition coefficient (Wildman–Crippen LogP) is 2.68. The second-order valence-corrected chi connectivity index (χ2v) is 8.12. The number of carbonyl (C=O) groups is 2. The summed E-state index contributed by atoms with van der Waals surface area (Å²) < 4.78 is 6.16. The van der Waals surface area contributed by atoms with Crippen molar-refractivity contribution in [3.8, 4) is 0 Å². The lowest BCUT2D eigenvalue weighted by Crippen LogP contribution is -2.47. The minimum absolute atomic E-state index is 0.151. The smallest absolute Gasteiger partial charge is 0.404 e. The lowest BCUT2D eigenvalue weighted by Gasteiger charge is -2.35. The molecule has 2 aromatic rings. The molecule has 0 spiro atoms. The van der Waals surface area contributed by atoms with Crippen LogP contribution < -0.4 is 15.5 Å². The van der Waals surface area contributed by atoms with Gasteiger partial charge in [-0.25, -0.2) is 9.78 Å². The average Bonchev–Trinajstić information content (AvgIpc) is 3.38. The molecule has 2 amide bonds. The van der Waals surface area contributed by atoms with Crippen LogP contribution in [0.2, 0.25) is 0 Å². The van der Waals surface area contributed by atoms with Gasteiger partial charge < -0.3 is 30.4 Å². The fourth-order valence-electron chi connectivity index (χ4n) is 3.81. The molecule has 150 valence electrons. The van der Waals surface area contributed by atoms with Crippen molar-refractivity contribution >= 4 is 50.3 Å². The number of hydrogen-bond donors (Lipinski definition) is 4. The van der Waals surface area contributed by atoms with Gasteiger partial charge in [0.15, 0.2) is 0 Å². The number of methoxy groups -OCH3 is 1. The number of aromatic amines is 1. The summed E-state index contributed by atoms with van der Waals surface area (Å²) in [5, 5.41) is 15.4. The topological polar surface area (TPSA) is 120 Å². The van der Waals surface area contributed by atoms with Crippen LogP contribution in [0.15, 0.2) is 16.9 Å². The fraction of sp³-hybridized carbons (Fsp3) is 0.500. The molecule has 3 heterocycles. The van der Waals surface area contributed by atoms with Crippen molar-refractivity contribution in [1.82, 2.24) is 15.3 Å². The second-order valence-electron chi connectivity index (χ2n) is 7.27. The van der Waals surface area contributed by atoms with E-state index < -0.39 is 11.7 Å². The Morgan fingerprint density at radius 3 is 2.93 bits per heavy atom. The number of fused-ring (bicyclic) bond motifs is 1. The van der Waals surface area contributed by atoms with E-state index in [0.717, 1.165) is 34.9 Å². The number of piperidine rings is 1. The maximum Gasteiger partial charge on any atom is 0.404 e. The maximum absolute atomic E-state index is 12.6. The molecule has 2 fully saturated rings. The van der Waals surface area contributed by atoms with Gasteiger partial charge >= 0.3 is 6.09 Å². The molecule has 4 rings (SSSR count). The van der Waals surface area contributed by atoms with E-state index >= 15 is 0 Å². The Hall–Kier alpha value is -2.33. The van der Waals surface area contributed by atoms with Crippen molar-refractivity contribution in [2.24, 2.45) is 0 Å². The van der Waals surface area contributed by atoms with Crippen molar-refractivity contribution in [2.45, 2.75) is 37.3 Å². The van der Waals surface area contributed by atoms with Crippen molar-refractivity contribution in [3.63, 3.8) is 0 Å². The number of rotatable bonds is 5. The molecule has 1 aliphatic carbocycles. The molecule has 1 unspecified atom stereocenters. The predicted molar refractivity (Wildman–Crippen MR) is 108 cm³/mol. The molecule has 2 aliphatic rings. The molecule has 2 aromatic heterocycles. The normalized spacial score (nSPS) is 20.8. The molecule has 1 aliphatic heterocycles. The Kier molecular flexibility index (Phi) is 4.92. The summed E-state index contributed by atoms with van der Waals surface area (Å²) in [5.74, 6) is -0.161. The highest BCUT2D eigenvalue weighted by Crippen LogP contribution is 2.42. The zero-order valence-corrected chi connectivity index (χ0v) is 17.0. The van der Waals surface area contributed by atoms with Crippen LogP contribution in [0.4, 0.5) is 16.2 Å². The van der Waals surface area contributed by atoms with Crippen LogP contribution in [-0.4, -0.2) is 58.9 Å². The van der Waals surface area contributed by atoms with Gasteiger partial charge in [0.1, 0.15) is 11.2 Å². The number of halogens is 1. The van der Waals surface area contributed by atoms with Gasteiger partial charge in [0.2, 0.25) is 0 Å². The maximum atomic E-state index is 12.6. The molecule has 1 saturated carbocycles. The van der Waals surface area contributed by atoms with Gasteiger partial charge in [-0.3, -0.25) is 4.79 Å². The number of aromatic nitrogens is 2. The van der Waals surface area contributed by atoms with Gasteiger partial charge in [0.05, 0.1) is 21.2 Å². The standard InChI is InChI=1S/C18H22BrN5O4/c1-28-18(4-5-18)16(25)23-12-8-21-15-13(12)14(11(19)7-20-15)24-6-2-3-10(9-24)22-17(26)27/h7-8,10,22H,2-6,9H2,1H3,(H,20,21)(H,23,25)(H,26,27). The average molecular weight is 452 g/mol.